The van der Waals surface area contributed by atoms with Crippen LogP contribution in [-0.2, 0) is 5.41 Å². The van der Waals surface area contributed by atoms with E-state index in [1.54, 1.807) is 0 Å². The van der Waals surface area contributed by atoms with Gasteiger partial charge in [0.15, 0.2) is 0 Å². The predicted octanol–water partition coefficient (Wildman–Crippen LogP) is 1.80. The van der Waals surface area contributed by atoms with Crippen LogP contribution in [0.3, 0.4) is 0 Å². The van der Waals surface area contributed by atoms with Gasteiger partial charge in [-0.1, -0.05) is 20.8 Å². The number of rotatable bonds is 1. The Labute approximate surface area is 110 Å². The summed E-state index contributed by atoms with van der Waals surface area (Å²) in [7, 11) is 0. The Morgan fingerprint density at radius 2 is 1.67 bits per heavy atom. The maximum Gasteiger partial charge on any atom is 0.136 e. The summed E-state index contributed by atoms with van der Waals surface area (Å²) in [6, 6.07) is 0. The van der Waals surface area contributed by atoms with E-state index in [2.05, 4.69) is 49.8 Å². The maximum atomic E-state index is 4.82. The van der Waals surface area contributed by atoms with Crippen molar-refractivity contribution in [2.45, 2.75) is 40.0 Å². The minimum atomic E-state index is 0.00124. The van der Waals surface area contributed by atoms with Gasteiger partial charge in [0.25, 0.3) is 0 Å². The Hall–Kier alpha value is -1.16. The van der Waals surface area contributed by atoms with Crippen LogP contribution in [0.2, 0.25) is 0 Å². The molecule has 1 aliphatic heterocycles. The first kappa shape index (κ1) is 13.3. The molecule has 1 N–H and O–H groups in total. The van der Waals surface area contributed by atoms with Crippen molar-refractivity contribution in [2.75, 3.05) is 31.1 Å². The molecular weight excluding hydrogens is 224 g/mol. The highest BCUT2D eigenvalue weighted by Gasteiger charge is 2.22. The van der Waals surface area contributed by atoms with E-state index in [4.69, 9.17) is 4.98 Å². The third kappa shape index (κ3) is 2.64. The van der Waals surface area contributed by atoms with Crippen molar-refractivity contribution in [1.29, 1.82) is 0 Å². The van der Waals surface area contributed by atoms with E-state index in [0.717, 1.165) is 43.5 Å². The summed E-state index contributed by atoms with van der Waals surface area (Å²) in [5.41, 5.74) is 2.31. The number of aromatic nitrogens is 2. The van der Waals surface area contributed by atoms with E-state index < -0.39 is 0 Å². The van der Waals surface area contributed by atoms with Crippen LogP contribution < -0.4 is 10.2 Å². The molecule has 2 heterocycles. The zero-order valence-electron chi connectivity index (χ0n) is 12.2. The van der Waals surface area contributed by atoms with E-state index >= 15 is 0 Å². The van der Waals surface area contributed by atoms with E-state index in [0.29, 0.717) is 0 Å². The minimum Gasteiger partial charge on any atom is -0.354 e. The largest absolute Gasteiger partial charge is 0.354 e. The summed E-state index contributed by atoms with van der Waals surface area (Å²) in [4.78, 5) is 11.8. The molecule has 0 unspecified atom stereocenters. The van der Waals surface area contributed by atoms with Crippen molar-refractivity contribution >= 4 is 5.82 Å². The molecule has 1 saturated heterocycles. The number of piperazine rings is 1. The van der Waals surface area contributed by atoms with Gasteiger partial charge < -0.3 is 10.2 Å². The lowest BCUT2D eigenvalue weighted by Gasteiger charge is -2.31. The van der Waals surface area contributed by atoms with Gasteiger partial charge in [-0.3, -0.25) is 0 Å². The van der Waals surface area contributed by atoms with Crippen molar-refractivity contribution in [1.82, 2.24) is 15.3 Å². The van der Waals surface area contributed by atoms with Crippen molar-refractivity contribution in [3.8, 4) is 0 Å². The van der Waals surface area contributed by atoms with Gasteiger partial charge in [-0.25, -0.2) is 9.97 Å². The summed E-state index contributed by atoms with van der Waals surface area (Å²) in [6.07, 6.45) is 0. The number of nitrogens with zero attached hydrogens (tertiary/aromatic N) is 3. The molecule has 1 aliphatic rings. The normalized spacial score (nSPS) is 17.1. The molecule has 0 atom stereocenters. The summed E-state index contributed by atoms with van der Waals surface area (Å²) in [6.45, 7) is 14.8. The highest BCUT2D eigenvalue weighted by atomic mass is 15.2. The van der Waals surface area contributed by atoms with Gasteiger partial charge in [-0.2, -0.15) is 0 Å². The second-order valence-corrected chi connectivity index (χ2v) is 6.07. The van der Waals surface area contributed by atoms with E-state index in [1.807, 2.05) is 0 Å². The summed E-state index contributed by atoms with van der Waals surface area (Å²) < 4.78 is 0. The standard InChI is InChI=1S/C14H24N4/c1-10-11(2)16-13(14(3,4)5)17-12(10)18-8-6-15-7-9-18/h15H,6-9H2,1-5H3. The molecular formula is C14H24N4. The fourth-order valence-corrected chi connectivity index (χ4v) is 2.13. The van der Waals surface area contributed by atoms with Gasteiger partial charge in [0, 0.05) is 42.9 Å². The number of anilines is 1. The Bertz CT molecular complexity index is 428. The highest BCUT2D eigenvalue weighted by Crippen LogP contribution is 2.25. The Morgan fingerprint density at radius 1 is 1.06 bits per heavy atom. The molecule has 4 nitrogen and oxygen atoms in total. The van der Waals surface area contributed by atoms with Crippen LogP contribution in [0.25, 0.3) is 0 Å². The van der Waals surface area contributed by atoms with Crippen LogP contribution >= 0.6 is 0 Å². The van der Waals surface area contributed by atoms with Crippen molar-refractivity contribution < 1.29 is 0 Å². The fraction of sp³-hybridized carbons (Fsp3) is 0.714. The topological polar surface area (TPSA) is 41.1 Å². The monoisotopic (exact) mass is 248 g/mol. The Morgan fingerprint density at radius 3 is 2.22 bits per heavy atom. The quantitative estimate of drug-likeness (QED) is 0.823. The molecule has 18 heavy (non-hydrogen) atoms. The zero-order valence-corrected chi connectivity index (χ0v) is 12.2. The Kier molecular flexibility index (Phi) is 3.57. The SMILES string of the molecule is Cc1nc(C(C)(C)C)nc(N2CCNCC2)c1C. The average Bonchev–Trinajstić information content (AvgIpc) is 2.32. The summed E-state index contributed by atoms with van der Waals surface area (Å²) in [5.74, 6) is 2.06. The smallest absolute Gasteiger partial charge is 0.136 e. The lowest BCUT2D eigenvalue weighted by Crippen LogP contribution is -2.44. The molecule has 0 aromatic carbocycles. The van der Waals surface area contributed by atoms with E-state index in [-0.39, 0.29) is 5.41 Å². The number of hydrogen-bond acceptors (Lipinski definition) is 4. The summed E-state index contributed by atoms with van der Waals surface area (Å²) in [5, 5.41) is 3.38. The van der Waals surface area contributed by atoms with E-state index in [1.165, 1.54) is 5.56 Å². The van der Waals surface area contributed by atoms with Gasteiger partial charge in [0.05, 0.1) is 0 Å². The molecule has 100 valence electrons. The molecule has 4 heteroatoms. The first-order valence-corrected chi connectivity index (χ1v) is 6.71. The zero-order chi connectivity index (χ0) is 13.3. The number of aryl methyl sites for hydroxylation is 1. The number of nitrogens with one attached hydrogen (secondary N) is 1. The molecule has 1 aromatic heterocycles. The molecule has 0 aliphatic carbocycles. The molecule has 1 aromatic rings. The van der Waals surface area contributed by atoms with Crippen molar-refractivity contribution in [3.63, 3.8) is 0 Å². The molecule has 0 radical (unpaired) electrons. The Balaban J connectivity index is 2.42. The fourth-order valence-electron chi connectivity index (χ4n) is 2.13. The third-order valence-corrected chi connectivity index (χ3v) is 3.45. The molecule has 0 spiro atoms. The van der Waals surface area contributed by atoms with Gasteiger partial charge in [-0.05, 0) is 13.8 Å². The lowest BCUT2D eigenvalue weighted by atomic mass is 9.95. The van der Waals surface area contributed by atoms with Crippen LogP contribution in [0.1, 0.15) is 37.9 Å². The average molecular weight is 248 g/mol. The second kappa shape index (κ2) is 4.84. The molecule has 0 saturated carbocycles. The highest BCUT2D eigenvalue weighted by molar-refractivity contribution is 5.49. The first-order valence-electron chi connectivity index (χ1n) is 6.71. The summed E-state index contributed by atoms with van der Waals surface area (Å²) >= 11 is 0. The van der Waals surface area contributed by atoms with Crippen molar-refractivity contribution in [3.05, 3.63) is 17.1 Å². The van der Waals surface area contributed by atoms with Gasteiger partial charge in [0.1, 0.15) is 11.6 Å². The number of hydrogen-bond donors (Lipinski definition) is 1. The third-order valence-electron chi connectivity index (χ3n) is 3.45. The minimum absolute atomic E-state index is 0.00124. The molecule has 0 bridgehead atoms. The second-order valence-electron chi connectivity index (χ2n) is 6.07. The molecule has 2 rings (SSSR count). The van der Waals surface area contributed by atoms with Gasteiger partial charge in [-0.15, -0.1) is 0 Å². The van der Waals surface area contributed by atoms with Gasteiger partial charge in [0.2, 0.25) is 0 Å². The first-order chi connectivity index (χ1) is 8.39. The van der Waals surface area contributed by atoms with Gasteiger partial charge >= 0.3 is 0 Å². The van der Waals surface area contributed by atoms with Crippen LogP contribution in [-0.4, -0.2) is 36.1 Å². The van der Waals surface area contributed by atoms with Crippen LogP contribution in [0.15, 0.2) is 0 Å². The van der Waals surface area contributed by atoms with Crippen LogP contribution in [0.5, 0.6) is 0 Å². The predicted molar refractivity (Wildman–Crippen MR) is 75.3 cm³/mol. The molecule has 0 amide bonds. The van der Waals surface area contributed by atoms with E-state index in [9.17, 15) is 0 Å². The maximum absolute atomic E-state index is 4.82. The van der Waals surface area contributed by atoms with Crippen LogP contribution in [0.4, 0.5) is 5.82 Å². The lowest BCUT2D eigenvalue weighted by molar-refractivity contribution is 0.534. The van der Waals surface area contributed by atoms with Crippen molar-refractivity contribution in [2.24, 2.45) is 0 Å². The van der Waals surface area contributed by atoms with Crippen LogP contribution in [0, 0.1) is 13.8 Å². The molecule has 1 fully saturated rings.